The van der Waals surface area contributed by atoms with E-state index >= 15 is 0 Å². The molecule has 0 atom stereocenters. The molecule has 0 aliphatic heterocycles. The predicted octanol–water partition coefficient (Wildman–Crippen LogP) is 4.06. The van der Waals surface area contributed by atoms with Gasteiger partial charge in [0.15, 0.2) is 0 Å². The van der Waals surface area contributed by atoms with Crippen LogP contribution >= 0.6 is 0 Å². The maximum atomic E-state index is 13.2. The van der Waals surface area contributed by atoms with Crippen LogP contribution in [-0.2, 0) is 6.54 Å². The number of nitrogens with zero attached hydrogens (tertiary/aromatic N) is 2. The maximum Gasteiger partial charge on any atom is 0.273 e. The Hall–Kier alpha value is -3.08. The lowest BCUT2D eigenvalue weighted by molar-refractivity contribution is 0.0723. The first-order chi connectivity index (χ1) is 13.2. The summed E-state index contributed by atoms with van der Waals surface area (Å²) in [6, 6.07) is 17.5. The first-order valence-corrected chi connectivity index (χ1v) is 9.07. The van der Waals surface area contributed by atoms with E-state index in [2.05, 4.69) is 4.98 Å². The molecule has 1 aliphatic carbocycles. The fourth-order valence-corrected chi connectivity index (χ4v) is 3.27. The van der Waals surface area contributed by atoms with Crippen molar-refractivity contribution in [3.05, 3.63) is 65.9 Å². The number of rotatable bonds is 6. The van der Waals surface area contributed by atoms with Gasteiger partial charge in [0.25, 0.3) is 5.91 Å². The molecular weight excluding hydrogens is 340 g/mol. The van der Waals surface area contributed by atoms with E-state index in [1.807, 2.05) is 59.5 Å². The highest BCUT2D eigenvalue weighted by molar-refractivity contribution is 5.95. The second-order valence-electron chi connectivity index (χ2n) is 6.73. The highest BCUT2D eigenvalue weighted by Gasteiger charge is 2.34. The summed E-state index contributed by atoms with van der Waals surface area (Å²) in [4.78, 5) is 19.7. The molecule has 0 spiro atoms. The van der Waals surface area contributed by atoms with Crippen molar-refractivity contribution in [3.63, 3.8) is 0 Å². The van der Waals surface area contributed by atoms with Gasteiger partial charge >= 0.3 is 0 Å². The summed E-state index contributed by atoms with van der Waals surface area (Å²) in [6.45, 7) is 0.471. The first kappa shape index (κ1) is 17.3. The van der Waals surface area contributed by atoms with Crippen LogP contribution < -0.4 is 9.47 Å². The molecule has 0 unspecified atom stereocenters. The smallest absolute Gasteiger partial charge is 0.273 e. The van der Waals surface area contributed by atoms with Gasteiger partial charge in [0.1, 0.15) is 17.2 Å². The number of carbonyl (C=O) groups excluding carboxylic acids is 1. The Labute approximate surface area is 158 Å². The molecular formula is C22H22N2O3. The zero-order valence-electron chi connectivity index (χ0n) is 15.5. The molecule has 4 rings (SSSR count). The van der Waals surface area contributed by atoms with Crippen LogP contribution in [0.3, 0.4) is 0 Å². The molecule has 5 heteroatoms. The maximum absolute atomic E-state index is 13.2. The summed E-state index contributed by atoms with van der Waals surface area (Å²) in [7, 11) is 3.27. The lowest BCUT2D eigenvalue weighted by Crippen LogP contribution is -2.33. The minimum absolute atomic E-state index is 0.0480. The standard InChI is InChI=1S/C22H22N2O3/c1-26-18-10-12-21(27-2)16(13-18)14-24(17-8-9-17)22(25)20-11-7-15-5-3-4-6-19(15)23-20/h3-7,10-13,17H,8-9,14H2,1-2H3. The van der Waals surface area contributed by atoms with Crippen molar-refractivity contribution in [1.82, 2.24) is 9.88 Å². The van der Waals surface area contributed by atoms with Crippen molar-refractivity contribution in [1.29, 1.82) is 0 Å². The number of para-hydroxylation sites is 1. The first-order valence-electron chi connectivity index (χ1n) is 9.07. The predicted molar refractivity (Wildman–Crippen MR) is 104 cm³/mol. The van der Waals surface area contributed by atoms with Crippen molar-refractivity contribution in [2.45, 2.75) is 25.4 Å². The molecule has 1 aromatic heterocycles. The number of fused-ring (bicyclic) bond motifs is 1. The summed E-state index contributed by atoms with van der Waals surface area (Å²) >= 11 is 0. The Kier molecular flexibility index (Phi) is 4.67. The highest BCUT2D eigenvalue weighted by Crippen LogP contribution is 2.33. The van der Waals surface area contributed by atoms with Gasteiger partial charge in [-0.1, -0.05) is 24.3 Å². The largest absolute Gasteiger partial charge is 0.497 e. The Balaban J connectivity index is 1.65. The molecule has 1 saturated carbocycles. The van der Waals surface area contributed by atoms with Crippen LogP contribution in [0.2, 0.25) is 0 Å². The van der Waals surface area contributed by atoms with Crippen molar-refractivity contribution in [2.24, 2.45) is 0 Å². The van der Waals surface area contributed by atoms with E-state index in [0.29, 0.717) is 12.2 Å². The van der Waals surface area contributed by atoms with Crippen LogP contribution in [0.5, 0.6) is 11.5 Å². The Morgan fingerprint density at radius 3 is 2.63 bits per heavy atom. The minimum atomic E-state index is -0.0480. The summed E-state index contributed by atoms with van der Waals surface area (Å²) < 4.78 is 10.8. The lowest BCUT2D eigenvalue weighted by atomic mass is 10.1. The average Bonchev–Trinajstić information content (AvgIpc) is 3.56. The number of benzene rings is 2. The fourth-order valence-electron chi connectivity index (χ4n) is 3.27. The summed E-state index contributed by atoms with van der Waals surface area (Å²) in [6.07, 6.45) is 2.04. The Bertz CT molecular complexity index is 982. The van der Waals surface area contributed by atoms with E-state index in [4.69, 9.17) is 9.47 Å². The lowest BCUT2D eigenvalue weighted by Gasteiger charge is -2.23. The molecule has 0 N–H and O–H groups in total. The topological polar surface area (TPSA) is 51.7 Å². The molecule has 138 valence electrons. The third kappa shape index (κ3) is 3.58. The number of hydrogen-bond donors (Lipinski definition) is 0. The molecule has 0 bridgehead atoms. The Morgan fingerprint density at radius 1 is 1.07 bits per heavy atom. The van der Waals surface area contributed by atoms with Crippen LogP contribution in [0.4, 0.5) is 0 Å². The van der Waals surface area contributed by atoms with E-state index < -0.39 is 0 Å². The zero-order valence-corrected chi connectivity index (χ0v) is 15.5. The van der Waals surface area contributed by atoms with Crippen molar-refractivity contribution >= 4 is 16.8 Å². The van der Waals surface area contributed by atoms with E-state index in [1.54, 1.807) is 14.2 Å². The van der Waals surface area contributed by atoms with Gasteiger partial charge in [0, 0.05) is 17.0 Å². The SMILES string of the molecule is COc1ccc(OC)c(CN(C(=O)c2ccc3ccccc3n2)C2CC2)c1. The molecule has 2 aromatic carbocycles. The quantitative estimate of drug-likeness (QED) is 0.664. The molecule has 3 aromatic rings. The second-order valence-corrected chi connectivity index (χ2v) is 6.73. The van der Waals surface area contributed by atoms with Gasteiger partial charge in [0.2, 0.25) is 0 Å². The molecule has 0 radical (unpaired) electrons. The third-order valence-corrected chi connectivity index (χ3v) is 4.89. The third-order valence-electron chi connectivity index (χ3n) is 4.89. The number of pyridine rings is 1. The Morgan fingerprint density at radius 2 is 1.89 bits per heavy atom. The molecule has 1 aliphatic rings. The normalized spacial score (nSPS) is 13.4. The number of ether oxygens (including phenoxy) is 2. The van der Waals surface area contributed by atoms with E-state index in [-0.39, 0.29) is 11.9 Å². The van der Waals surface area contributed by atoms with Gasteiger partial charge < -0.3 is 14.4 Å². The van der Waals surface area contributed by atoms with Gasteiger partial charge in [-0.05, 0) is 43.2 Å². The van der Waals surface area contributed by atoms with E-state index in [1.165, 1.54) is 0 Å². The summed E-state index contributed by atoms with van der Waals surface area (Å²) in [5, 5.41) is 1.03. The van der Waals surface area contributed by atoms with Gasteiger partial charge in [-0.2, -0.15) is 0 Å². The number of aromatic nitrogens is 1. The van der Waals surface area contributed by atoms with E-state index in [0.717, 1.165) is 40.8 Å². The van der Waals surface area contributed by atoms with Gasteiger partial charge in [-0.3, -0.25) is 4.79 Å². The van der Waals surface area contributed by atoms with E-state index in [9.17, 15) is 4.79 Å². The van der Waals surface area contributed by atoms with Crippen LogP contribution in [0.15, 0.2) is 54.6 Å². The molecule has 1 amide bonds. The summed E-state index contributed by atoms with van der Waals surface area (Å²) in [5.74, 6) is 1.45. The average molecular weight is 362 g/mol. The fraction of sp³-hybridized carbons (Fsp3) is 0.273. The van der Waals surface area contributed by atoms with Crippen molar-refractivity contribution in [2.75, 3.05) is 14.2 Å². The van der Waals surface area contributed by atoms with Gasteiger partial charge in [0.05, 0.1) is 26.3 Å². The molecule has 5 nitrogen and oxygen atoms in total. The van der Waals surface area contributed by atoms with Crippen molar-refractivity contribution in [3.8, 4) is 11.5 Å². The zero-order chi connectivity index (χ0) is 18.8. The molecule has 1 heterocycles. The summed E-state index contributed by atoms with van der Waals surface area (Å²) in [5.41, 5.74) is 2.23. The number of methoxy groups -OCH3 is 2. The molecule has 1 fully saturated rings. The van der Waals surface area contributed by atoms with Crippen molar-refractivity contribution < 1.29 is 14.3 Å². The molecule has 0 saturated heterocycles. The number of amides is 1. The second kappa shape index (κ2) is 7.27. The van der Waals surface area contributed by atoms with Crippen LogP contribution in [-0.4, -0.2) is 36.1 Å². The van der Waals surface area contributed by atoms with Crippen LogP contribution in [0, 0.1) is 0 Å². The highest BCUT2D eigenvalue weighted by atomic mass is 16.5. The van der Waals surface area contributed by atoms with Crippen LogP contribution in [0.1, 0.15) is 28.9 Å². The minimum Gasteiger partial charge on any atom is -0.497 e. The molecule has 27 heavy (non-hydrogen) atoms. The monoisotopic (exact) mass is 362 g/mol. The van der Waals surface area contributed by atoms with Crippen LogP contribution in [0.25, 0.3) is 10.9 Å². The number of carbonyl (C=O) groups is 1. The van der Waals surface area contributed by atoms with Gasteiger partial charge in [-0.25, -0.2) is 4.98 Å². The number of hydrogen-bond acceptors (Lipinski definition) is 4. The van der Waals surface area contributed by atoms with Gasteiger partial charge in [-0.15, -0.1) is 0 Å².